The Morgan fingerprint density at radius 2 is 1.45 bits per heavy atom. The number of amides is 3. The summed E-state index contributed by atoms with van der Waals surface area (Å²) in [4.78, 5) is 124. The summed E-state index contributed by atoms with van der Waals surface area (Å²) < 4.78 is 57.1. The van der Waals surface area contributed by atoms with Gasteiger partial charge < -0.3 is 78.6 Å². The fourth-order valence-corrected chi connectivity index (χ4v) is 12.1. The third-order valence-electron chi connectivity index (χ3n) is 16.6. The highest BCUT2D eigenvalue weighted by molar-refractivity contribution is 5.94. The highest BCUT2D eigenvalue weighted by Gasteiger charge is 2.78. The summed E-state index contributed by atoms with van der Waals surface area (Å²) in [5.74, 6) is -8.42. The Labute approximate surface area is 506 Å². The van der Waals surface area contributed by atoms with Crippen LogP contribution < -0.4 is 16.0 Å². The van der Waals surface area contributed by atoms with Crippen LogP contribution in [-0.4, -0.2) is 195 Å². The number of carbonyl (C=O) groups is 9. The molecule has 6 rings (SSSR count). The first-order valence-corrected chi connectivity index (χ1v) is 29.2. The molecule has 0 radical (unpaired) electrons. The minimum Gasteiger partial charge on any atom is -0.455 e. The van der Waals surface area contributed by atoms with Crippen LogP contribution in [-0.2, 0) is 80.9 Å². The number of esters is 4. The molecular formula is C62H85N3O22. The lowest BCUT2D eigenvalue weighted by atomic mass is 9.44. The Kier molecular flexibility index (Phi) is 23.9. The molecule has 480 valence electrons. The molecule has 2 saturated carbocycles. The van der Waals surface area contributed by atoms with Gasteiger partial charge in [0, 0.05) is 45.3 Å². The summed E-state index contributed by atoms with van der Waals surface area (Å²) in [6.45, 7) is 13.0. The summed E-state index contributed by atoms with van der Waals surface area (Å²) in [6, 6.07) is 13.0. The number of rotatable bonds is 29. The smallest absolute Gasteiger partial charge is 0.408 e. The lowest BCUT2D eigenvalue weighted by Gasteiger charge is -2.67. The van der Waals surface area contributed by atoms with E-state index in [1.54, 1.807) is 64.3 Å². The molecule has 25 nitrogen and oxygen atoms in total. The lowest BCUT2D eigenvalue weighted by molar-refractivity contribution is -0.346. The van der Waals surface area contributed by atoms with E-state index in [0.717, 1.165) is 6.92 Å². The predicted molar refractivity (Wildman–Crippen MR) is 306 cm³/mol. The van der Waals surface area contributed by atoms with Crippen molar-refractivity contribution in [2.75, 3.05) is 66.5 Å². The molecular weight excluding hydrogens is 1140 g/mol. The van der Waals surface area contributed by atoms with Gasteiger partial charge in [0.2, 0.25) is 17.9 Å². The largest absolute Gasteiger partial charge is 0.455 e. The predicted octanol–water partition coefficient (Wildman–Crippen LogP) is 3.26. The number of carbonyl (C=O) groups excluding carboxylic acids is 9. The second-order valence-electron chi connectivity index (χ2n) is 24.1. The summed E-state index contributed by atoms with van der Waals surface area (Å²) in [7, 11) is 1.57. The van der Waals surface area contributed by atoms with E-state index in [0.29, 0.717) is 45.8 Å². The molecule has 87 heavy (non-hydrogen) atoms. The molecule has 4 aliphatic rings. The van der Waals surface area contributed by atoms with E-state index in [4.69, 9.17) is 47.4 Å². The number of unbranched alkanes of at least 4 members (excludes halogenated alkanes) is 1. The number of alkyl carbamates (subject to hydrolysis) is 1. The van der Waals surface area contributed by atoms with Gasteiger partial charge >= 0.3 is 30.0 Å². The third kappa shape index (κ3) is 16.5. The van der Waals surface area contributed by atoms with Gasteiger partial charge in [-0.2, -0.15) is 0 Å². The Hall–Kier alpha value is -6.71. The Bertz CT molecular complexity index is 2810. The van der Waals surface area contributed by atoms with Crippen molar-refractivity contribution in [2.24, 2.45) is 16.7 Å². The van der Waals surface area contributed by atoms with Gasteiger partial charge in [-0.05, 0) is 89.6 Å². The van der Waals surface area contributed by atoms with E-state index in [-0.39, 0.29) is 66.4 Å². The van der Waals surface area contributed by atoms with Crippen molar-refractivity contribution in [1.29, 1.82) is 0 Å². The van der Waals surface area contributed by atoms with Crippen molar-refractivity contribution in [2.45, 2.75) is 166 Å². The zero-order chi connectivity index (χ0) is 64.1. The number of ether oxygens (including phenoxy) is 10. The van der Waals surface area contributed by atoms with Crippen LogP contribution >= 0.6 is 0 Å². The van der Waals surface area contributed by atoms with Gasteiger partial charge in [0.25, 0.3) is 0 Å². The van der Waals surface area contributed by atoms with Crippen LogP contribution in [0.3, 0.4) is 0 Å². The Balaban J connectivity index is 1.25. The number of hydrogen-bond donors (Lipinski definition) is 6. The van der Waals surface area contributed by atoms with E-state index in [1.165, 1.54) is 58.9 Å². The van der Waals surface area contributed by atoms with E-state index in [9.17, 15) is 48.9 Å². The van der Waals surface area contributed by atoms with Crippen LogP contribution in [0.25, 0.3) is 0 Å². The van der Waals surface area contributed by atoms with E-state index in [1.807, 2.05) is 0 Å². The lowest BCUT2D eigenvalue weighted by Crippen LogP contribution is -2.81. The molecule has 3 amide bonds. The molecule has 2 bridgehead atoms. The van der Waals surface area contributed by atoms with Crippen LogP contribution in [0.4, 0.5) is 4.79 Å². The van der Waals surface area contributed by atoms with Gasteiger partial charge in [-0.1, -0.05) is 62.4 Å². The molecule has 3 fully saturated rings. The molecule has 12 atom stereocenters. The zero-order valence-corrected chi connectivity index (χ0v) is 51.2. The maximum absolute atomic E-state index is 15.3. The van der Waals surface area contributed by atoms with Gasteiger partial charge in [0.1, 0.15) is 54.9 Å². The first-order valence-electron chi connectivity index (χ1n) is 29.2. The summed E-state index contributed by atoms with van der Waals surface area (Å²) in [5.41, 5.74) is -9.25. The van der Waals surface area contributed by atoms with E-state index >= 15 is 9.59 Å². The minimum absolute atomic E-state index is 0.0134. The van der Waals surface area contributed by atoms with Crippen LogP contribution in [0.15, 0.2) is 71.8 Å². The number of Topliss-reactive ketones (excluding diaryl/α,β-unsaturated/α-hetero) is 2. The fraction of sp³-hybridized carbons (Fsp3) is 0.629. The summed E-state index contributed by atoms with van der Waals surface area (Å²) >= 11 is 0. The molecule has 1 saturated heterocycles. The molecule has 2 aromatic carbocycles. The standard InChI is InChI=1S/C62H85N3O22/c1-36-42(32-62(77)54(85-55(74)40-21-15-12-16-22-40)52-60(9,53(73)50(72)48(36)59(62,7)8)43(68)31-44-61(52,35-82-44)86-38(3)67)83-56(75)51(49(39-19-13-11-14-20-39)65-57(76)87-58(4,5)6)84-47(71)34-81-33-46(70)64-41(37(2)66)23-17-18-25-63-45(69)24-26-79-29-30-80-28-27-78-10/h11-16,19-22,41-44,49-52,54,68,72,77H,17-18,23-35H2,1-10H3,(H,63,69)(H,64,70)(H,65,76)/t41?,42?,43-,44+,49-,50+,51?,52-,54-,60+,61-,62+/m0/s1. The van der Waals surface area contributed by atoms with Crippen LogP contribution in [0.5, 0.6) is 0 Å². The van der Waals surface area contributed by atoms with Crippen molar-refractivity contribution < 1.29 is 106 Å². The SMILES string of the molecule is COCCOCCOCCC(=O)NCCCCC(NC(=O)COCC(=O)OC(C(=O)OC1C[C@@]2(O)[C@@H](OC(=O)c3ccccc3)[C@@H]3[C@]4(OC(C)=O)CO[C@@H]4C[C@H](O)[C@@]3(C)C(=O)[C@H](O)C(=C1C)C2(C)C)[C@@H](NC(=O)OC(C)(C)C)c1ccccc1)C(C)=O. The molecule has 0 spiro atoms. The van der Waals surface area contributed by atoms with Gasteiger partial charge in [0.15, 0.2) is 17.2 Å². The third-order valence-corrected chi connectivity index (χ3v) is 16.6. The molecule has 6 N–H and O–H groups in total. The molecule has 2 aromatic rings. The zero-order valence-electron chi connectivity index (χ0n) is 51.2. The monoisotopic (exact) mass is 1220 g/mol. The summed E-state index contributed by atoms with van der Waals surface area (Å²) in [6.07, 6.45) is -11.3. The van der Waals surface area contributed by atoms with Crippen molar-refractivity contribution in [3.8, 4) is 0 Å². The normalized spacial score (nSPS) is 26.5. The number of methoxy groups -OCH3 is 1. The number of aliphatic hydroxyl groups excluding tert-OH is 2. The van der Waals surface area contributed by atoms with E-state index < -0.39 is 144 Å². The molecule has 0 aromatic heterocycles. The van der Waals surface area contributed by atoms with Crippen LogP contribution in [0.2, 0.25) is 0 Å². The van der Waals surface area contributed by atoms with Crippen molar-refractivity contribution in [3.63, 3.8) is 0 Å². The number of hydrogen-bond acceptors (Lipinski definition) is 22. The van der Waals surface area contributed by atoms with Gasteiger partial charge in [-0.25, -0.2) is 19.2 Å². The van der Waals surface area contributed by atoms with E-state index in [2.05, 4.69) is 16.0 Å². The average molecular weight is 1220 g/mol. The molecule has 1 heterocycles. The fourth-order valence-electron chi connectivity index (χ4n) is 12.1. The minimum atomic E-state index is -2.51. The molecule has 1 aliphatic heterocycles. The Morgan fingerprint density at radius 1 is 0.805 bits per heavy atom. The topological polar surface area (TPSA) is 343 Å². The van der Waals surface area contributed by atoms with Gasteiger partial charge in [-0.15, -0.1) is 0 Å². The molecule has 3 unspecified atom stereocenters. The van der Waals surface area contributed by atoms with Gasteiger partial charge in [-0.3, -0.25) is 24.0 Å². The second kappa shape index (κ2) is 30.0. The molecule has 3 aliphatic carbocycles. The second-order valence-corrected chi connectivity index (χ2v) is 24.1. The highest BCUT2D eigenvalue weighted by atomic mass is 16.6. The number of benzene rings is 2. The van der Waals surface area contributed by atoms with Gasteiger partial charge in [0.05, 0.1) is 68.7 Å². The van der Waals surface area contributed by atoms with Crippen LogP contribution in [0, 0.1) is 16.7 Å². The van der Waals surface area contributed by atoms with Crippen molar-refractivity contribution in [3.05, 3.63) is 82.9 Å². The van der Waals surface area contributed by atoms with Crippen molar-refractivity contribution in [1.82, 2.24) is 16.0 Å². The first kappa shape index (κ1) is 69.4. The van der Waals surface area contributed by atoms with Crippen LogP contribution in [0.1, 0.15) is 123 Å². The average Bonchev–Trinajstić information content (AvgIpc) is 0.680. The quantitative estimate of drug-likeness (QED) is 0.0295. The number of ketones is 2. The Morgan fingerprint density at radius 3 is 2.06 bits per heavy atom. The number of fused-ring (bicyclic) bond motifs is 5. The highest BCUT2D eigenvalue weighted by Crippen LogP contribution is 2.64. The summed E-state index contributed by atoms with van der Waals surface area (Å²) in [5, 5.41) is 46.4. The number of nitrogens with one attached hydrogen (secondary N) is 3. The first-order chi connectivity index (χ1) is 41.0. The number of aliphatic hydroxyl groups is 3. The maximum Gasteiger partial charge on any atom is 0.408 e. The maximum atomic E-state index is 15.3. The van der Waals surface area contributed by atoms with Crippen molar-refractivity contribution >= 4 is 53.4 Å². The molecule has 25 heteroatoms.